The minimum absolute atomic E-state index is 0.426. The van der Waals surface area contributed by atoms with E-state index in [1.165, 1.54) is 5.39 Å². The molecule has 2 aliphatic heterocycles. The first-order valence-corrected chi connectivity index (χ1v) is 17.6. The number of anilines is 1. The van der Waals surface area contributed by atoms with Crippen molar-refractivity contribution in [2.24, 2.45) is 9.98 Å². The molecule has 246 valence electrons. The van der Waals surface area contributed by atoms with Gasteiger partial charge in [0.2, 0.25) is 5.88 Å². The second kappa shape index (κ2) is 11.3. The molecule has 0 saturated carbocycles. The number of fused-ring (bicyclic) bond motifs is 8. The third-order valence-corrected chi connectivity index (χ3v) is 10.4. The summed E-state index contributed by atoms with van der Waals surface area (Å²) in [6.45, 7) is 0.638. The molecule has 52 heavy (non-hydrogen) atoms. The Morgan fingerprint density at radius 2 is 1.33 bits per heavy atom. The molecule has 11 rings (SSSR count). The number of benzene rings is 7. The van der Waals surface area contributed by atoms with Gasteiger partial charge in [-0.1, -0.05) is 127 Å². The Morgan fingerprint density at radius 3 is 2.21 bits per heavy atom. The highest BCUT2D eigenvalue weighted by atomic mass is 16.4. The van der Waals surface area contributed by atoms with Crippen molar-refractivity contribution < 1.29 is 8.83 Å². The van der Waals surface area contributed by atoms with Crippen molar-refractivity contribution in [2.45, 2.75) is 6.17 Å². The van der Waals surface area contributed by atoms with E-state index in [0.717, 1.165) is 94.2 Å². The molecule has 6 nitrogen and oxygen atoms in total. The van der Waals surface area contributed by atoms with Gasteiger partial charge < -0.3 is 19.5 Å². The molecule has 2 N–H and O–H groups in total. The summed E-state index contributed by atoms with van der Waals surface area (Å²) >= 11 is 0. The average molecular weight is 671 g/mol. The monoisotopic (exact) mass is 670 g/mol. The Hall–Kier alpha value is -6.92. The standard InChI is InChI=1S/C46H30N4O2/c1-2-12-28(13-3-1)43-48-44(34-18-10-20-38-41(34)32-17-8-9-19-37(32)51-38)50-45(49-43)35-22-21-27-11-6-7-16-31(27)40(35)33-23-24-47-46-42(33)36-25-29-14-4-5-15-30(29)26-39(36)52-46/h1-23,25-26,44,47H,24H2,(H,48,49,50). The van der Waals surface area contributed by atoms with E-state index in [2.05, 4.69) is 120 Å². The Kier molecular flexibility index (Phi) is 6.28. The van der Waals surface area contributed by atoms with Gasteiger partial charge in [0.15, 0.2) is 5.84 Å². The van der Waals surface area contributed by atoms with E-state index in [1.54, 1.807) is 0 Å². The molecule has 4 heterocycles. The van der Waals surface area contributed by atoms with Crippen molar-refractivity contribution in [1.82, 2.24) is 5.32 Å². The number of rotatable bonds is 4. The topological polar surface area (TPSA) is 75.1 Å². The van der Waals surface area contributed by atoms with Crippen LogP contribution >= 0.6 is 0 Å². The molecule has 0 fully saturated rings. The first kappa shape index (κ1) is 28.9. The molecule has 0 spiro atoms. The van der Waals surface area contributed by atoms with E-state index in [4.69, 9.17) is 18.8 Å². The van der Waals surface area contributed by atoms with E-state index < -0.39 is 6.17 Å². The quantitative estimate of drug-likeness (QED) is 0.195. The van der Waals surface area contributed by atoms with Crippen molar-refractivity contribution in [3.8, 4) is 0 Å². The summed E-state index contributed by atoms with van der Waals surface area (Å²) < 4.78 is 12.9. The molecule has 1 unspecified atom stereocenters. The van der Waals surface area contributed by atoms with Crippen LogP contribution < -0.4 is 10.6 Å². The molecule has 9 aromatic rings. The largest absolute Gasteiger partial charge is 0.456 e. The van der Waals surface area contributed by atoms with Gasteiger partial charge >= 0.3 is 0 Å². The summed E-state index contributed by atoms with van der Waals surface area (Å²) in [7, 11) is 0. The lowest BCUT2D eigenvalue weighted by molar-refractivity contribution is 0.628. The van der Waals surface area contributed by atoms with Crippen LogP contribution in [0.15, 0.2) is 170 Å². The minimum Gasteiger partial charge on any atom is -0.456 e. The van der Waals surface area contributed by atoms with Crippen LogP contribution in [0.4, 0.5) is 5.88 Å². The number of para-hydroxylation sites is 1. The van der Waals surface area contributed by atoms with Gasteiger partial charge in [0.25, 0.3) is 0 Å². The molecule has 0 bridgehead atoms. The van der Waals surface area contributed by atoms with Crippen molar-refractivity contribution in [3.63, 3.8) is 0 Å². The van der Waals surface area contributed by atoms with Crippen molar-refractivity contribution in [1.29, 1.82) is 0 Å². The van der Waals surface area contributed by atoms with Crippen LogP contribution in [0.3, 0.4) is 0 Å². The molecule has 2 aliphatic rings. The first-order chi connectivity index (χ1) is 25.8. The maximum Gasteiger partial charge on any atom is 0.202 e. The van der Waals surface area contributed by atoms with Crippen LogP contribution in [-0.4, -0.2) is 18.2 Å². The van der Waals surface area contributed by atoms with Gasteiger partial charge in [0, 0.05) is 45.0 Å². The molecule has 6 heteroatoms. The summed E-state index contributed by atoms with van der Waals surface area (Å²) in [5.41, 5.74) is 8.79. The zero-order valence-corrected chi connectivity index (χ0v) is 27.9. The van der Waals surface area contributed by atoms with Crippen LogP contribution in [0.1, 0.15) is 34.0 Å². The van der Waals surface area contributed by atoms with Crippen LogP contribution in [-0.2, 0) is 0 Å². The fourth-order valence-electron chi connectivity index (χ4n) is 8.00. The van der Waals surface area contributed by atoms with Gasteiger partial charge in [-0.2, -0.15) is 0 Å². The molecule has 0 aliphatic carbocycles. The Labute approximate surface area is 298 Å². The molecule has 1 atom stereocenters. The predicted molar refractivity (Wildman–Crippen MR) is 212 cm³/mol. The Bertz CT molecular complexity index is 3000. The molecule has 2 aromatic heterocycles. The van der Waals surface area contributed by atoms with Gasteiger partial charge in [0.05, 0.1) is 5.56 Å². The van der Waals surface area contributed by atoms with Gasteiger partial charge in [-0.25, -0.2) is 9.98 Å². The fraction of sp³-hybridized carbons (Fsp3) is 0.0435. The molecule has 0 saturated heterocycles. The fourth-order valence-corrected chi connectivity index (χ4v) is 8.00. The normalized spacial score (nSPS) is 15.7. The third-order valence-electron chi connectivity index (χ3n) is 10.4. The maximum absolute atomic E-state index is 6.54. The summed E-state index contributed by atoms with van der Waals surface area (Å²) in [5, 5.41) is 15.1. The van der Waals surface area contributed by atoms with Crippen LogP contribution in [0.2, 0.25) is 0 Å². The predicted octanol–water partition coefficient (Wildman–Crippen LogP) is 11.0. The zero-order valence-electron chi connectivity index (χ0n) is 27.9. The van der Waals surface area contributed by atoms with Crippen LogP contribution in [0.5, 0.6) is 0 Å². The van der Waals surface area contributed by atoms with E-state index in [0.29, 0.717) is 12.4 Å². The average Bonchev–Trinajstić information content (AvgIpc) is 3.78. The van der Waals surface area contributed by atoms with Gasteiger partial charge in [-0.15, -0.1) is 0 Å². The number of nitrogens with zero attached hydrogens (tertiary/aromatic N) is 2. The third kappa shape index (κ3) is 4.44. The van der Waals surface area contributed by atoms with Crippen LogP contribution in [0, 0.1) is 0 Å². The lowest BCUT2D eigenvalue weighted by Gasteiger charge is -2.27. The van der Waals surface area contributed by atoms with Gasteiger partial charge in [-0.3, -0.25) is 0 Å². The number of hydrogen-bond donors (Lipinski definition) is 2. The summed E-state index contributed by atoms with van der Waals surface area (Å²) in [5.74, 6) is 2.20. The summed E-state index contributed by atoms with van der Waals surface area (Å²) in [6.07, 6.45) is 1.86. The van der Waals surface area contributed by atoms with Gasteiger partial charge in [-0.05, 0) is 51.4 Å². The Balaban J connectivity index is 1.15. The second-order valence-corrected chi connectivity index (χ2v) is 13.4. The van der Waals surface area contributed by atoms with E-state index in [9.17, 15) is 0 Å². The maximum atomic E-state index is 6.54. The smallest absolute Gasteiger partial charge is 0.202 e. The highest BCUT2D eigenvalue weighted by Crippen LogP contribution is 2.45. The Morgan fingerprint density at radius 1 is 0.577 bits per heavy atom. The van der Waals surface area contributed by atoms with Crippen molar-refractivity contribution in [3.05, 3.63) is 179 Å². The zero-order chi connectivity index (χ0) is 34.2. The highest BCUT2D eigenvalue weighted by molar-refractivity contribution is 6.19. The lowest BCUT2D eigenvalue weighted by Crippen LogP contribution is -2.34. The minimum atomic E-state index is -0.426. The van der Waals surface area contributed by atoms with Crippen LogP contribution in [0.25, 0.3) is 60.0 Å². The number of nitrogens with one attached hydrogen (secondary N) is 2. The lowest BCUT2D eigenvalue weighted by atomic mass is 9.86. The molecular formula is C46H30N4O2. The summed E-state index contributed by atoms with van der Waals surface area (Å²) in [6, 6.07) is 50.4. The number of hydrogen-bond acceptors (Lipinski definition) is 6. The molecule has 0 radical (unpaired) electrons. The van der Waals surface area contributed by atoms with E-state index in [1.807, 2.05) is 42.5 Å². The second-order valence-electron chi connectivity index (χ2n) is 13.4. The molecular weight excluding hydrogens is 641 g/mol. The molecule has 0 amide bonds. The highest BCUT2D eigenvalue weighted by Gasteiger charge is 2.30. The van der Waals surface area contributed by atoms with Gasteiger partial charge in [0.1, 0.15) is 28.8 Å². The van der Waals surface area contributed by atoms with E-state index >= 15 is 0 Å². The van der Waals surface area contributed by atoms with E-state index in [-0.39, 0.29) is 0 Å². The number of amidine groups is 2. The number of aliphatic imine (C=N–C) groups is 2. The van der Waals surface area contributed by atoms with Crippen molar-refractivity contribution >= 4 is 77.6 Å². The summed E-state index contributed by atoms with van der Waals surface area (Å²) in [4.78, 5) is 10.6. The SMILES string of the molecule is C1=C(c2c(C3=NC(c4ccccc4)=NC(c4cccc5oc6ccccc6c45)N3)ccc3ccccc23)c2c(oc3cc4ccccc4cc23)NC1. The first-order valence-electron chi connectivity index (χ1n) is 17.6. The molecule has 7 aromatic carbocycles. The number of furan rings is 2. The van der Waals surface area contributed by atoms with Crippen molar-refractivity contribution in [2.75, 3.05) is 11.9 Å².